The molecule has 1 rings (SSSR count). The second kappa shape index (κ2) is 3.64. The Morgan fingerprint density at radius 2 is 2.31 bits per heavy atom. The number of carbonyl (C=O) groups excluding carboxylic acids is 1. The Bertz CT molecular complexity index is 208. The van der Waals surface area contributed by atoms with E-state index in [9.17, 15) is 4.79 Å². The van der Waals surface area contributed by atoms with Crippen LogP contribution in [-0.2, 0) is 4.74 Å². The second-order valence-corrected chi connectivity index (χ2v) is 3.89. The lowest BCUT2D eigenvalue weighted by Gasteiger charge is -2.31. The van der Waals surface area contributed by atoms with Crippen LogP contribution in [0.25, 0.3) is 0 Å². The molecule has 0 bridgehead atoms. The average Bonchev–Trinajstić information content (AvgIpc) is 2.42. The fourth-order valence-corrected chi connectivity index (χ4v) is 2.34. The van der Waals surface area contributed by atoms with Crippen LogP contribution < -0.4 is 5.73 Å². The van der Waals surface area contributed by atoms with Crippen LogP contribution in [0.1, 0.15) is 19.8 Å². The number of ether oxygens (including phenoxy) is 1. The largest absolute Gasteiger partial charge is 0.515 e. The van der Waals surface area contributed by atoms with Crippen molar-refractivity contribution in [1.29, 1.82) is 0 Å². The summed E-state index contributed by atoms with van der Waals surface area (Å²) >= 11 is 0. The van der Waals surface area contributed by atoms with Crippen LogP contribution in [-0.4, -0.2) is 43.4 Å². The van der Waals surface area contributed by atoms with Gasteiger partial charge in [0.1, 0.15) is 6.04 Å². The molecular formula is C9H19N2O2+. The third-order valence-electron chi connectivity index (χ3n) is 3.16. The normalized spacial score (nSPS) is 39.1. The van der Waals surface area contributed by atoms with Crippen LogP contribution in [0.3, 0.4) is 0 Å². The highest BCUT2D eigenvalue weighted by Gasteiger charge is 2.49. The molecule has 0 aromatic rings. The molecule has 13 heavy (non-hydrogen) atoms. The maximum absolute atomic E-state index is 11.5. The molecule has 1 heterocycles. The lowest BCUT2D eigenvalue weighted by Crippen LogP contribution is -2.55. The minimum absolute atomic E-state index is 0.133. The number of carbonyl (C=O) groups is 1. The minimum atomic E-state index is -0.167. The van der Waals surface area contributed by atoms with Gasteiger partial charge >= 0.3 is 6.09 Å². The van der Waals surface area contributed by atoms with Crippen LogP contribution >= 0.6 is 0 Å². The van der Waals surface area contributed by atoms with E-state index in [1.807, 2.05) is 7.05 Å². The molecule has 0 radical (unpaired) electrons. The number of nitrogens with zero attached hydrogens (tertiary/aromatic N) is 1. The number of likely N-dealkylation sites (tertiary alicyclic amines) is 1. The standard InChI is InChI=1S/C9H19N2O2/c1-4-8-7(10)5-6-11(8,2)9(12)13-3/h7-8H,4-6,10H2,1-3H3/q+1/t7-,8?,11?/m1/s1. The van der Waals surface area contributed by atoms with Gasteiger partial charge in [0.05, 0.1) is 26.7 Å². The summed E-state index contributed by atoms with van der Waals surface area (Å²) in [6.45, 7) is 2.86. The summed E-state index contributed by atoms with van der Waals surface area (Å²) in [5, 5.41) is 0. The summed E-state index contributed by atoms with van der Waals surface area (Å²) in [7, 11) is 3.34. The number of rotatable bonds is 1. The molecule has 1 saturated heterocycles. The molecule has 0 spiro atoms. The molecule has 3 atom stereocenters. The first-order chi connectivity index (χ1) is 6.06. The first-order valence-corrected chi connectivity index (χ1v) is 4.75. The molecular weight excluding hydrogens is 168 g/mol. The predicted octanol–water partition coefficient (Wildman–Crippen LogP) is 0.709. The lowest BCUT2D eigenvalue weighted by molar-refractivity contribution is -0.850. The Morgan fingerprint density at radius 1 is 1.69 bits per heavy atom. The van der Waals surface area contributed by atoms with Gasteiger partial charge in [0.15, 0.2) is 0 Å². The number of methoxy groups -OCH3 is 1. The van der Waals surface area contributed by atoms with E-state index in [0.717, 1.165) is 19.4 Å². The van der Waals surface area contributed by atoms with Crippen molar-refractivity contribution in [3.8, 4) is 0 Å². The van der Waals surface area contributed by atoms with E-state index in [2.05, 4.69) is 6.92 Å². The van der Waals surface area contributed by atoms with Crippen LogP contribution in [0.5, 0.6) is 0 Å². The number of amides is 1. The summed E-state index contributed by atoms with van der Waals surface area (Å²) in [4.78, 5) is 11.5. The van der Waals surface area contributed by atoms with Gasteiger partial charge in [-0.1, -0.05) is 6.92 Å². The Labute approximate surface area is 79.2 Å². The Morgan fingerprint density at radius 3 is 2.77 bits per heavy atom. The molecule has 0 aromatic heterocycles. The second-order valence-electron chi connectivity index (χ2n) is 3.89. The first-order valence-electron chi connectivity index (χ1n) is 4.75. The topological polar surface area (TPSA) is 52.3 Å². The van der Waals surface area contributed by atoms with Crippen LogP contribution in [0.15, 0.2) is 0 Å². The van der Waals surface area contributed by atoms with Gasteiger partial charge < -0.3 is 10.5 Å². The third-order valence-corrected chi connectivity index (χ3v) is 3.16. The smallest absolute Gasteiger partial charge is 0.423 e. The van der Waals surface area contributed by atoms with Crippen molar-refractivity contribution in [2.45, 2.75) is 31.8 Å². The number of quaternary nitrogens is 1. The van der Waals surface area contributed by atoms with Gasteiger partial charge in [0.25, 0.3) is 0 Å². The van der Waals surface area contributed by atoms with Crippen LogP contribution in [0.4, 0.5) is 4.79 Å². The van der Waals surface area contributed by atoms with Crippen molar-refractivity contribution < 1.29 is 14.0 Å². The quantitative estimate of drug-likeness (QED) is 0.615. The molecule has 4 nitrogen and oxygen atoms in total. The SMILES string of the molecule is CCC1[C@H](N)CC[N+]1(C)C(=O)OC. The van der Waals surface area contributed by atoms with Crippen molar-refractivity contribution in [3.63, 3.8) is 0 Å². The average molecular weight is 187 g/mol. The highest BCUT2D eigenvalue weighted by atomic mass is 16.5. The number of nitrogens with two attached hydrogens (primary N) is 1. The van der Waals surface area contributed by atoms with Gasteiger partial charge in [-0.2, -0.15) is 4.79 Å². The fourth-order valence-electron chi connectivity index (χ4n) is 2.34. The van der Waals surface area contributed by atoms with E-state index in [-0.39, 0.29) is 18.2 Å². The zero-order chi connectivity index (χ0) is 10.1. The number of likely N-dealkylation sites (N-methyl/N-ethyl adjacent to an activating group) is 1. The molecule has 1 aliphatic rings. The summed E-state index contributed by atoms with van der Waals surface area (Å²) in [5.41, 5.74) is 5.93. The predicted molar refractivity (Wildman–Crippen MR) is 50.1 cm³/mol. The van der Waals surface area contributed by atoms with Crippen molar-refractivity contribution in [2.24, 2.45) is 5.73 Å². The monoisotopic (exact) mass is 187 g/mol. The van der Waals surface area contributed by atoms with Crippen molar-refractivity contribution in [2.75, 3.05) is 20.7 Å². The first kappa shape index (κ1) is 10.5. The summed E-state index contributed by atoms with van der Waals surface area (Å²) in [5.74, 6) is 0. The Balaban J connectivity index is 2.83. The lowest BCUT2D eigenvalue weighted by atomic mass is 10.1. The van der Waals surface area contributed by atoms with Crippen LogP contribution in [0, 0.1) is 0 Å². The van der Waals surface area contributed by atoms with E-state index in [4.69, 9.17) is 10.5 Å². The third kappa shape index (κ3) is 1.56. The van der Waals surface area contributed by atoms with Gasteiger partial charge in [-0.15, -0.1) is 0 Å². The summed E-state index contributed by atoms with van der Waals surface area (Å²) in [6.07, 6.45) is 1.66. The molecule has 76 valence electrons. The van der Waals surface area contributed by atoms with Crippen molar-refractivity contribution in [1.82, 2.24) is 0 Å². The van der Waals surface area contributed by atoms with Crippen molar-refractivity contribution >= 4 is 6.09 Å². The maximum Gasteiger partial charge on any atom is 0.515 e. The van der Waals surface area contributed by atoms with E-state index in [1.54, 1.807) is 0 Å². The molecule has 2 N–H and O–H groups in total. The highest BCUT2D eigenvalue weighted by molar-refractivity contribution is 5.59. The summed E-state index contributed by atoms with van der Waals surface area (Å²) < 4.78 is 5.14. The van der Waals surface area contributed by atoms with Crippen molar-refractivity contribution in [3.05, 3.63) is 0 Å². The highest BCUT2D eigenvalue weighted by Crippen LogP contribution is 2.27. The molecule has 0 aliphatic carbocycles. The van der Waals surface area contributed by atoms with E-state index >= 15 is 0 Å². The molecule has 2 unspecified atom stereocenters. The molecule has 1 fully saturated rings. The van der Waals surface area contributed by atoms with Gasteiger partial charge in [-0.25, -0.2) is 4.48 Å². The zero-order valence-electron chi connectivity index (χ0n) is 8.62. The van der Waals surface area contributed by atoms with E-state index < -0.39 is 0 Å². The van der Waals surface area contributed by atoms with E-state index in [1.165, 1.54) is 7.11 Å². The molecule has 1 amide bonds. The Hall–Kier alpha value is -0.610. The van der Waals surface area contributed by atoms with Gasteiger partial charge in [-0.05, 0) is 6.42 Å². The zero-order valence-corrected chi connectivity index (χ0v) is 8.62. The Kier molecular flexibility index (Phi) is 2.93. The minimum Gasteiger partial charge on any atom is -0.423 e. The van der Waals surface area contributed by atoms with Crippen LogP contribution in [0.2, 0.25) is 0 Å². The van der Waals surface area contributed by atoms with Gasteiger partial charge in [-0.3, -0.25) is 0 Å². The maximum atomic E-state index is 11.5. The van der Waals surface area contributed by atoms with Gasteiger partial charge in [0, 0.05) is 6.42 Å². The number of hydrogen-bond acceptors (Lipinski definition) is 3. The number of hydrogen-bond donors (Lipinski definition) is 1. The molecule has 4 heteroatoms. The summed E-state index contributed by atoms with van der Waals surface area (Å²) in [6, 6.07) is 0.349. The van der Waals surface area contributed by atoms with E-state index in [0.29, 0.717) is 4.48 Å². The molecule has 1 aliphatic heterocycles. The van der Waals surface area contributed by atoms with Gasteiger partial charge in [0.2, 0.25) is 0 Å². The molecule has 0 saturated carbocycles. The fraction of sp³-hybridized carbons (Fsp3) is 0.889. The molecule has 0 aromatic carbocycles.